The standard InChI is InChI=1S/C13H12BrN5O4S/c1-7(20)19-24(22,23)9-4-2-8(3-5-9)17-13(21)11-12(15)16-6-10(14)18-11/h2-6H,1H3,(H2,15,16)(H,17,21)(H,19,20). The van der Waals surface area contributed by atoms with E-state index >= 15 is 0 Å². The monoisotopic (exact) mass is 413 g/mol. The van der Waals surface area contributed by atoms with Gasteiger partial charge >= 0.3 is 0 Å². The van der Waals surface area contributed by atoms with Gasteiger partial charge in [-0.05, 0) is 40.2 Å². The molecule has 126 valence electrons. The molecule has 0 fully saturated rings. The number of hydrogen-bond donors (Lipinski definition) is 3. The minimum atomic E-state index is -3.93. The zero-order chi connectivity index (χ0) is 17.9. The van der Waals surface area contributed by atoms with Crippen LogP contribution in [0.4, 0.5) is 11.5 Å². The van der Waals surface area contributed by atoms with E-state index in [2.05, 4.69) is 31.2 Å². The van der Waals surface area contributed by atoms with Crippen LogP contribution in [0.15, 0.2) is 40.0 Å². The topological polar surface area (TPSA) is 144 Å². The van der Waals surface area contributed by atoms with E-state index in [0.29, 0.717) is 10.3 Å². The highest BCUT2D eigenvalue weighted by molar-refractivity contribution is 9.10. The van der Waals surface area contributed by atoms with Gasteiger partial charge in [0, 0.05) is 12.6 Å². The molecule has 0 saturated carbocycles. The number of halogens is 1. The molecular formula is C13H12BrN5O4S. The second-order valence-electron chi connectivity index (χ2n) is 4.57. The Bertz CT molecular complexity index is 899. The Morgan fingerprint density at radius 2 is 1.83 bits per heavy atom. The van der Waals surface area contributed by atoms with Crippen molar-refractivity contribution in [2.75, 3.05) is 11.1 Å². The number of hydrogen-bond acceptors (Lipinski definition) is 7. The van der Waals surface area contributed by atoms with Gasteiger partial charge in [-0.2, -0.15) is 0 Å². The maximum atomic E-state index is 12.1. The molecule has 9 nitrogen and oxygen atoms in total. The molecule has 2 rings (SSSR count). The Kier molecular flexibility index (Phi) is 5.14. The maximum Gasteiger partial charge on any atom is 0.278 e. The van der Waals surface area contributed by atoms with Gasteiger partial charge in [-0.3, -0.25) is 9.59 Å². The van der Waals surface area contributed by atoms with E-state index in [9.17, 15) is 18.0 Å². The summed E-state index contributed by atoms with van der Waals surface area (Å²) < 4.78 is 25.8. The highest BCUT2D eigenvalue weighted by Gasteiger charge is 2.17. The van der Waals surface area contributed by atoms with Gasteiger partial charge in [-0.1, -0.05) is 0 Å². The summed E-state index contributed by atoms with van der Waals surface area (Å²) in [5.41, 5.74) is 5.85. The van der Waals surface area contributed by atoms with E-state index < -0.39 is 21.8 Å². The van der Waals surface area contributed by atoms with Crippen molar-refractivity contribution < 1.29 is 18.0 Å². The smallest absolute Gasteiger partial charge is 0.278 e. The summed E-state index contributed by atoms with van der Waals surface area (Å²) in [6.45, 7) is 1.09. The summed E-state index contributed by atoms with van der Waals surface area (Å²) in [5.74, 6) is -1.34. The summed E-state index contributed by atoms with van der Waals surface area (Å²) in [7, 11) is -3.93. The number of carbonyl (C=O) groups is 2. The summed E-state index contributed by atoms with van der Waals surface area (Å²) in [6, 6.07) is 5.23. The van der Waals surface area contributed by atoms with Crippen molar-refractivity contribution in [2.24, 2.45) is 0 Å². The zero-order valence-corrected chi connectivity index (χ0v) is 14.7. The predicted molar refractivity (Wildman–Crippen MR) is 89.5 cm³/mol. The van der Waals surface area contributed by atoms with Crippen LogP contribution in [0.1, 0.15) is 17.4 Å². The Morgan fingerprint density at radius 1 is 1.21 bits per heavy atom. The molecule has 2 aromatic rings. The normalized spacial score (nSPS) is 10.9. The van der Waals surface area contributed by atoms with E-state index in [1.165, 1.54) is 30.5 Å². The molecule has 0 spiro atoms. The minimum absolute atomic E-state index is 0.0412. The van der Waals surface area contributed by atoms with Crippen LogP contribution in [-0.2, 0) is 14.8 Å². The third-order valence-electron chi connectivity index (χ3n) is 2.69. The van der Waals surface area contributed by atoms with Gasteiger partial charge in [0.05, 0.1) is 11.1 Å². The average molecular weight is 414 g/mol. The van der Waals surface area contributed by atoms with Crippen molar-refractivity contribution in [1.29, 1.82) is 0 Å². The lowest BCUT2D eigenvalue weighted by Crippen LogP contribution is -2.28. The molecule has 0 bridgehead atoms. The molecule has 1 heterocycles. The molecule has 2 amide bonds. The first-order valence-corrected chi connectivity index (χ1v) is 8.69. The fourth-order valence-corrected chi connectivity index (χ4v) is 2.97. The van der Waals surface area contributed by atoms with Crippen LogP contribution in [0.5, 0.6) is 0 Å². The molecule has 0 unspecified atom stereocenters. The Morgan fingerprint density at radius 3 is 2.42 bits per heavy atom. The molecule has 0 aliphatic carbocycles. The highest BCUT2D eigenvalue weighted by atomic mass is 79.9. The summed E-state index contributed by atoms with van der Waals surface area (Å²) >= 11 is 3.09. The lowest BCUT2D eigenvalue weighted by atomic mass is 10.3. The Hall–Kier alpha value is -2.53. The molecular weight excluding hydrogens is 402 g/mol. The highest BCUT2D eigenvalue weighted by Crippen LogP contribution is 2.16. The van der Waals surface area contributed by atoms with Gasteiger partial charge in [0.1, 0.15) is 4.60 Å². The molecule has 11 heteroatoms. The van der Waals surface area contributed by atoms with Gasteiger partial charge < -0.3 is 11.1 Å². The van der Waals surface area contributed by atoms with Gasteiger partial charge in [0.25, 0.3) is 15.9 Å². The predicted octanol–water partition coefficient (Wildman–Crippen LogP) is 0.898. The molecule has 0 radical (unpaired) electrons. The van der Waals surface area contributed by atoms with E-state index in [1.807, 2.05) is 4.72 Å². The first-order valence-electron chi connectivity index (χ1n) is 6.42. The second-order valence-corrected chi connectivity index (χ2v) is 7.06. The first-order chi connectivity index (χ1) is 11.2. The number of sulfonamides is 1. The van der Waals surface area contributed by atoms with Gasteiger partial charge in [-0.25, -0.2) is 23.1 Å². The maximum absolute atomic E-state index is 12.1. The number of amides is 2. The molecule has 1 aromatic carbocycles. The lowest BCUT2D eigenvalue weighted by Gasteiger charge is -2.08. The van der Waals surface area contributed by atoms with E-state index in [1.54, 1.807) is 0 Å². The largest absolute Gasteiger partial charge is 0.382 e. The van der Waals surface area contributed by atoms with Gasteiger partial charge in [0.2, 0.25) is 5.91 Å². The number of anilines is 2. The molecule has 0 aliphatic rings. The van der Waals surface area contributed by atoms with E-state index in [4.69, 9.17) is 5.73 Å². The average Bonchev–Trinajstić information content (AvgIpc) is 2.49. The fraction of sp³-hybridized carbons (Fsp3) is 0.0769. The molecule has 4 N–H and O–H groups in total. The third-order valence-corrected chi connectivity index (χ3v) is 4.52. The van der Waals surface area contributed by atoms with Crippen LogP contribution >= 0.6 is 15.9 Å². The Labute approximate surface area is 145 Å². The second kappa shape index (κ2) is 6.93. The quantitative estimate of drug-likeness (QED) is 0.674. The number of rotatable bonds is 4. The molecule has 0 saturated heterocycles. The van der Waals surface area contributed by atoms with Crippen LogP contribution in [0.3, 0.4) is 0 Å². The molecule has 0 aliphatic heterocycles. The van der Waals surface area contributed by atoms with Crippen LogP contribution in [0, 0.1) is 0 Å². The number of nitrogens with one attached hydrogen (secondary N) is 2. The van der Waals surface area contributed by atoms with Crippen molar-refractivity contribution in [3.05, 3.63) is 40.8 Å². The molecule has 24 heavy (non-hydrogen) atoms. The first kappa shape index (κ1) is 17.8. The SMILES string of the molecule is CC(=O)NS(=O)(=O)c1ccc(NC(=O)c2nc(Br)cnc2N)cc1. The van der Waals surface area contributed by atoms with E-state index in [-0.39, 0.29) is 16.4 Å². The van der Waals surface area contributed by atoms with Crippen LogP contribution in [0.25, 0.3) is 0 Å². The number of nitrogens with two attached hydrogens (primary N) is 1. The number of aromatic nitrogens is 2. The number of carbonyl (C=O) groups excluding carboxylic acids is 2. The fourth-order valence-electron chi connectivity index (χ4n) is 1.70. The van der Waals surface area contributed by atoms with E-state index in [0.717, 1.165) is 6.92 Å². The summed E-state index contributed by atoms with van der Waals surface area (Å²) in [6.07, 6.45) is 1.35. The summed E-state index contributed by atoms with van der Waals surface area (Å²) in [4.78, 5) is 30.6. The van der Waals surface area contributed by atoms with Gasteiger partial charge in [-0.15, -0.1) is 0 Å². The van der Waals surface area contributed by atoms with Crippen LogP contribution in [0.2, 0.25) is 0 Å². The lowest BCUT2D eigenvalue weighted by molar-refractivity contribution is -0.117. The zero-order valence-electron chi connectivity index (χ0n) is 12.3. The summed E-state index contributed by atoms with van der Waals surface area (Å²) in [5, 5.41) is 2.52. The number of nitrogen functional groups attached to an aromatic ring is 1. The Balaban J connectivity index is 2.19. The van der Waals surface area contributed by atoms with Crippen LogP contribution < -0.4 is 15.8 Å². The van der Waals surface area contributed by atoms with Gasteiger partial charge in [0.15, 0.2) is 11.5 Å². The van der Waals surface area contributed by atoms with Crippen molar-refractivity contribution >= 4 is 49.3 Å². The molecule has 0 atom stereocenters. The van der Waals surface area contributed by atoms with Crippen molar-refractivity contribution in [1.82, 2.24) is 14.7 Å². The van der Waals surface area contributed by atoms with Crippen LogP contribution in [-0.4, -0.2) is 30.2 Å². The minimum Gasteiger partial charge on any atom is -0.382 e. The number of nitrogens with zero attached hydrogens (tertiary/aromatic N) is 2. The van der Waals surface area contributed by atoms with Crippen molar-refractivity contribution in [3.63, 3.8) is 0 Å². The molecule has 1 aromatic heterocycles. The third kappa shape index (κ3) is 4.26. The van der Waals surface area contributed by atoms with Crippen molar-refractivity contribution in [3.8, 4) is 0 Å². The number of benzene rings is 1. The van der Waals surface area contributed by atoms with Crippen molar-refractivity contribution in [2.45, 2.75) is 11.8 Å².